The summed E-state index contributed by atoms with van der Waals surface area (Å²) in [6.07, 6.45) is 5.67. The highest BCUT2D eigenvalue weighted by molar-refractivity contribution is 5.83. The molecule has 0 aromatic rings. The summed E-state index contributed by atoms with van der Waals surface area (Å²) < 4.78 is 0. The third-order valence-electron chi connectivity index (χ3n) is 11.6. The molecule has 4 aliphatic rings. The number of carbonyl (C=O) groups excluding carboxylic acids is 1. The summed E-state index contributed by atoms with van der Waals surface area (Å²) in [7, 11) is 0. The number of aliphatic hydroxyl groups excluding tert-OH is 3. The summed E-state index contributed by atoms with van der Waals surface area (Å²) in [4.78, 5) is 24.0. The van der Waals surface area contributed by atoms with Crippen LogP contribution in [0.3, 0.4) is 0 Å². The lowest BCUT2D eigenvalue weighted by atomic mass is 9.43. The number of aliphatic hydroxyl groups is 3. The van der Waals surface area contributed by atoms with E-state index in [0.29, 0.717) is 36.5 Å². The summed E-state index contributed by atoms with van der Waals surface area (Å²) in [5.74, 6) is 0.166. The Labute approximate surface area is 216 Å². The van der Waals surface area contributed by atoms with Crippen LogP contribution in [0.1, 0.15) is 92.4 Å². The third-order valence-corrected chi connectivity index (χ3v) is 11.6. The van der Waals surface area contributed by atoms with Gasteiger partial charge in [0.15, 0.2) is 0 Å². The maximum Gasteiger partial charge on any atom is 0.326 e. The highest BCUT2D eigenvalue weighted by Crippen LogP contribution is 2.68. The van der Waals surface area contributed by atoms with Crippen LogP contribution in [-0.4, -0.2) is 56.7 Å². The molecule has 4 fully saturated rings. The molecular formula is C29H49NO6. The first-order valence-electron chi connectivity index (χ1n) is 14.4. The number of hydrogen-bond acceptors (Lipinski definition) is 5. The molecule has 0 unspecified atom stereocenters. The average Bonchev–Trinajstić information content (AvgIpc) is 3.17. The Kier molecular flexibility index (Phi) is 7.87. The number of fused-ring (bicyclic) bond motifs is 5. The van der Waals surface area contributed by atoms with Crippen LogP contribution in [0.2, 0.25) is 0 Å². The second kappa shape index (κ2) is 10.2. The minimum atomic E-state index is -0.994. The van der Waals surface area contributed by atoms with Crippen molar-refractivity contribution in [3.63, 3.8) is 0 Å². The molecular weight excluding hydrogens is 458 g/mol. The molecule has 5 N–H and O–H groups in total. The Morgan fingerprint density at radius 1 is 0.889 bits per heavy atom. The maximum absolute atomic E-state index is 12.6. The topological polar surface area (TPSA) is 127 Å². The van der Waals surface area contributed by atoms with Crippen molar-refractivity contribution < 1.29 is 30.0 Å². The fourth-order valence-corrected chi connectivity index (χ4v) is 9.53. The van der Waals surface area contributed by atoms with Crippen molar-refractivity contribution in [3.05, 3.63) is 0 Å². The molecule has 36 heavy (non-hydrogen) atoms. The average molecular weight is 508 g/mol. The molecule has 0 aromatic heterocycles. The number of aliphatic carboxylic acids is 1. The summed E-state index contributed by atoms with van der Waals surface area (Å²) >= 11 is 0. The fraction of sp³-hybridized carbons (Fsp3) is 0.931. The molecule has 0 bridgehead atoms. The van der Waals surface area contributed by atoms with Gasteiger partial charge in [-0.25, -0.2) is 4.79 Å². The minimum absolute atomic E-state index is 0.0389. The van der Waals surface area contributed by atoms with Gasteiger partial charge in [-0.1, -0.05) is 34.6 Å². The number of amides is 1. The van der Waals surface area contributed by atoms with E-state index in [0.717, 1.165) is 44.9 Å². The van der Waals surface area contributed by atoms with Crippen LogP contribution < -0.4 is 5.32 Å². The number of nitrogens with one attached hydrogen (secondary N) is 1. The zero-order valence-electron chi connectivity index (χ0n) is 22.8. The van der Waals surface area contributed by atoms with Gasteiger partial charge in [0, 0.05) is 6.42 Å². The second-order valence-corrected chi connectivity index (χ2v) is 13.7. The van der Waals surface area contributed by atoms with Gasteiger partial charge < -0.3 is 25.7 Å². The second-order valence-electron chi connectivity index (χ2n) is 13.7. The van der Waals surface area contributed by atoms with Gasteiger partial charge in [0.1, 0.15) is 6.04 Å². The first-order valence-corrected chi connectivity index (χ1v) is 14.4. The van der Waals surface area contributed by atoms with E-state index in [1.54, 1.807) is 13.8 Å². The van der Waals surface area contributed by atoms with Crippen LogP contribution in [0.5, 0.6) is 0 Å². The Balaban J connectivity index is 1.44. The largest absolute Gasteiger partial charge is 0.480 e. The van der Waals surface area contributed by atoms with Crippen molar-refractivity contribution in [2.24, 2.45) is 52.3 Å². The molecule has 206 valence electrons. The van der Waals surface area contributed by atoms with Crippen molar-refractivity contribution in [3.8, 4) is 0 Å². The molecule has 4 aliphatic carbocycles. The molecule has 4 rings (SSSR count). The fourth-order valence-electron chi connectivity index (χ4n) is 9.53. The van der Waals surface area contributed by atoms with E-state index in [1.807, 2.05) is 0 Å². The van der Waals surface area contributed by atoms with Crippen molar-refractivity contribution in [2.45, 2.75) is 117 Å². The van der Waals surface area contributed by atoms with Gasteiger partial charge in [0.05, 0.1) is 18.3 Å². The highest BCUT2D eigenvalue weighted by Gasteiger charge is 2.65. The van der Waals surface area contributed by atoms with E-state index < -0.39 is 24.2 Å². The van der Waals surface area contributed by atoms with E-state index in [-0.39, 0.29) is 40.6 Å². The predicted octanol–water partition coefficient (Wildman–Crippen LogP) is 3.59. The molecule has 1 amide bonds. The molecule has 4 saturated carbocycles. The van der Waals surface area contributed by atoms with Crippen LogP contribution in [0.25, 0.3) is 0 Å². The van der Waals surface area contributed by atoms with Crippen molar-refractivity contribution in [1.29, 1.82) is 0 Å². The van der Waals surface area contributed by atoms with Crippen molar-refractivity contribution in [2.75, 3.05) is 0 Å². The summed E-state index contributed by atoms with van der Waals surface area (Å²) in [5.41, 5.74) is 0.0272. The van der Waals surface area contributed by atoms with Gasteiger partial charge in [0.25, 0.3) is 0 Å². The molecule has 0 aromatic carbocycles. The standard InChI is InChI=1S/C29H49NO6/c1-15(2)24(27(35)36)30-22(32)9-6-16(3)18-7-8-19-23-20(11-13-28(18,19)4)29(5)12-10-17(31)14-21(29)25(33)26(23)34/h15-21,23-26,31,33-34H,6-14H2,1-5H3,(H,30,32)(H,35,36)/t16-,17-,18-,19+,20+,21+,23+,24+,25+,26-,28-,29-/m1/s1. The van der Waals surface area contributed by atoms with E-state index in [2.05, 4.69) is 26.1 Å². The normalized spacial score (nSPS) is 45.8. The number of carboxylic acid groups (broad SMARTS) is 1. The quantitative estimate of drug-likeness (QED) is 0.358. The lowest BCUT2D eigenvalue weighted by Crippen LogP contribution is -2.64. The molecule has 0 aliphatic heterocycles. The van der Waals surface area contributed by atoms with Gasteiger partial charge in [-0.15, -0.1) is 0 Å². The van der Waals surface area contributed by atoms with Crippen LogP contribution in [0, 0.1) is 52.3 Å². The maximum atomic E-state index is 12.6. The Hall–Kier alpha value is -1.18. The number of carbonyl (C=O) groups is 2. The van der Waals surface area contributed by atoms with Gasteiger partial charge in [-0.2, -0.15) is 0 Å². The van der Waals surface area contributed by atoms with Crippen LogP contribution in [0.4, 0.5) is 0 Å². The van der Waals surface area contributed by atoms with Gasteiger partial charge in [-0.3, -0.25) is 4.79 Å². The summed E-state index contributed by atoms with van der Waals surface area (Å²) in [5, 5.41) is 45.0. The first-order chi connectivity index (χ1) is 16.8. The molecule has 0 radical (unpaired) electrons. The zero-order chi connectivity index (χ0) is 26.6. The number of rotatable bonds is 7. The molecule has 7 heteroatoms. The molecule has 0 spiro atoms. The molecule has 0 heterocycles. The van der Waals surface area contributed by atoms with E-state index in [4.69, 9.17) is 0 Å². The number of carboxylic acids is 1. The van der Waals surface area contributed by atoms with E-state index >= 15 is 0 Å². The number of hydrogen-bond donors (Lipinski definition) is 5. The first kappa shape index (κ1) is 27.8. The lowest BCUT2D eigenvalue weighted by molar-refractivity contribution is -0.223. The molecule has 12 atom stereocenters. The van der Waals surface area contributed by atoms with Gasteiger partial charge in [-0.05, 0) is 104 Å². The van der Waals surface area contributed by atoms with Crippen LogP contribution in [-0.2, 0) is 9.59 Å². The van der Waals surface area contributed by atoms with Crippen LogP contribution >= 0.6 is 0 Å². The minimum Gasteiger partial charge on any atom is -0.480 e. The van der Waals surface area contributed by atoms with E-state index in [9.17, 15) is 30.0 Å². The monoisotopic (exact) mass is 507 g/mol. The van der Waals surface area contributed by atoms with Crippen LogP contribution in [0.15, 0.2) is 0 Å². The Morgan fingerprint density at radius 2 is 1.53 bits per heavy atom. The Bertz CT molecular complexity index is 833. The predicted molar refractivity (Wildman–Crippen MR) is 137 cm³/mol. The lowest BCUT2D eigenvalue weighted by Gasteiger charge is -2.63. The summed E-state index contributed by atoms with van der Waals surface area (Å²) in [6.45, 7) is 10.5. The summed E-state index contributed by atoms with van der Waals surface area (Å²) in [6, 6.07) is -0.859. The Morgan fingerprint density at radius 3 is 2.17 bits per heavy atom. The highest BCUT2D eigenvalue weighted by atomic mass is 16.4. The smallest absolute Gasteiger partial charge is 0.326 e. The van der Waals surface area contributed by atoms with Gasteiger partial charge >= 0.3 is 5.97 Å². The van der Waals surface area contributed by atoms with Crippen molar-refractivity contribution >= 4 is 11.9 Å². The van der Waals surface area contributed by atoms with Crippen molar-refractivity contribution in [1.82, 2.24) is 5.32 Å². The third kappa shape index (κ3) is 4.62. The molecule has 7 nitrogen and oxygen atoms in total. The van der Waals surface area contributed by atoms with Gasteiger partial charge in [0.2, 0.25) is 5.91 Å². The SMILES string of the molecule is CC(C)[C@H](NC(=O)CC[C@@H](C)[C@H]1CC[C@H]2[C@@H]3[C@@H](O)[C@@H](O)[C@@H]4C[C@H](O)CC[C@]4(C)[C@H]3CC[C@]12C)C(=O)O. The van der Waals surface area contributed by atoms with E-state index in [1.165, 1.54) is 0 Å². The zero-order valence-corrected chi connectivity index (χ0v) is 22.8. The molecule has 0 saturated heterocycles.